The predicted octanol–water partition coefficient (Wildman–Crippen LogP) is -0.891. The molecular formula is C21H22O9. The third-order valence-electron chi connectivity index (χ3n) is 5.85. The molecule has 2 aromatic rings. The summed E-state index contributed by atoms with van der Waals surface area (Å²) in [4.78, 5) is 13.1. The summed E-state index contributed by atoms with van der Waals surface area (Å²) >= 11 is 0. The van der Waals surface area contributed by atoms with Crippen LogP contribution in [0.15, 0.2) is 30.3 Å². The van der Waals surface area contributed by atoms with Crippen LogP contribution >= 0.6 is 0 Å². The van der Waals surface area contributed by atoms with Gasteiger partial charge in [0.1, 0.15) is 35.9 Å². The van der Waals surface area contributed by atoms with Gasteiger partial charge in [-0.05, 0) is 28.8 Å². The van der Waals surface area contributed by atoms with Crippen LogP contribution in [0, 0.1) is 0 Å². The van der Waals surface area contributed by atoms with Crippen LogP contribution in [0.25, 0.3) is 0 Å². The van der Waals surface area contributed by atoms with Crippen LogP contribution in [-0.4, -0.2) is 78.7 Å². The molecule has 160 valence electrons. The van der Waals surface area contributed by atoms with Gasteiger partial charge < -0.3 is 40.5 Å². The molecule has 0 saturated carbocycles. The van der Waals surface area contributed by atoms with Crippen molar-refractivity contribution in [1.29, 1.82) is 0 Å². The first-order valence-electron chi connectivity index (χ1n) is 9.43. The van der Waals surface area contributed by atoms with E-state index in [4.69, 9.17) is 4.74 Å². The van der Waals surface area contributed by atoms with Gasteiger partial charge in [-0.2, -0.15) is 0 Å². The van der Waals surface area contributed by atoms with Crippen molar-refractivity contribution in [2.45, 2.75) is 43.0 Å². The molecule has 9 heteroatoms. The molecule has 4 unspecified atom stereocenters. The van der Waals surface area contributed by atoms with Crippen molar-refractivity contribution in [1.82, 2.24) is 0 Å². The number of ether oxygens (including phenoxy) is 1. The highest BCUT2D eigenvalue weighted by atomic mass is 16.5. The highest BCUT2D eigenvalue weighted by Gasteiger charge is 2.50. The van der Waals surface area contributed by atoms with Crippen molar-refractivity contribution in [3.05, 3.63) is 58.1 Å². The van der Waals surface area contributed by atoms with Gasteiger partial charge in [0.25, 0.3) is 0 Å². The molecule has 1 aliphatic heterocycles. The highest BCUT2D eigenvalue weighted by molar-refractivity contribution is 6.16. The Hall–Kier alpha value is -2.53. The second kappa shape index (κ2) is 7.62. The number of phenols is 2. The van der Waals surface area contributed by atoms with Crippen LogP contribution in [0.5, 0.6) is 11.5 Å². The van der Waals surface area contributed by atoms with Gasteiger partial charge in [0, 0.05) is 5.92 Å². The lowest BCUT2D eigenvalue weighted by Crippen LogP contribution is -2.60. The number of hydrogen-bond donors (Lipinski definition) is 7. The van der Waals surface area contributed by atoms with Crippen LogP contribution in [-0.2, 0) is 11.3 Å². The van der Waals surface area contributed by atoms with E-state index in [1.54, 1.807) is 6.07 Å². The number of carbonyl (C=O) groups excluding carboxylic acids is 1. The fourth-order valence-electron chi connectivity index (χ4n) is 4.41. The molecular weight excluding hydrogens is 396 g/mol. The van der Waals surface area contributed by atoms with Gasteiger partial charge in [0.05, 0.1) is 30.4 Å². The maximum Gasteiger partial charge on any atom is 0.201 e. The lowest BCUT2D eigenvalue weighted by atomic mass is 9.71. The SMILES string of the molecule is O=C1c2c(O)cccc2C([C@@H]2OC(CO)[C@@H](O)C(O)C2O)c2cc(CO)cc(O)c21. The van der Waals surface area contributed by atoms with Crippen molar-refractivity contribution in [2.24, 2.45) is 0 Å². The van der Waals surface area contributed by atoms with Crippen molar-refractivity contribution < 1.29 is 45.3 Å². The Morgan fingerprint density at radius 3 is 2.23 bits per heavy atom. The van der Waals surface area contributed by atoms with E-state index in [2.05, 4.69) is 0 Å². The molecule has 1 heterocycles. The van der Waals surface area contributed by atoms with E-state index < -0.39 is 61.2 Å². The van der Waals surface area contributed by atoms with Crippen LogP contribution < -0.4 is 0 Å². The average Bonchev–Trinajstić information content (AvgIpc) is 2.73. The molecule has 30 heavy (non-hydrogen) atoms. The molecule has 2 aliphatic rings. The molecule has 1 aliphatic carbocycles. The molecule has 0 spiro atoms. The van der Waals surface area contributed by atoms with E-state index in [9.17, 15) is 40.5 Å². The summed E-state index contributed by atoms with van der Waals surface area (Å²) in [7, 11) is 0. The quantitative estimate of drug-likeness (QED) is 0.334. The molecule has 1 saturated heterocycles. The first-order chi connectivity index (χ1) is 14.3. The summed E-state index contributed by atoms with van der Waals surface area (Å²) < 4.78 is 5.73. The van der Waals surface area contributed by atoms with Gasteiger partial charge in [0.15, 0.2) is 0 Å². The van der Waals surface area contributed by atoms with Crippen molar-refractivity contribution >= 4 is 5.78 Å². The topological polar surface area (TPSA) is 168 Å². The number of fused-ring (bicyclic) bond motifs is 2. The van der Waals surface area contributed by atoms with Crippen molar-refractivity contribution in [2.75, 3.05) is 6.61 Å². The Labute approximate surface area is 171 Å². The molecule has 0 bridgehead atoms. The molecule has 9 nitrogen and oxygen atoms in total. The minimum atomic E-state index is -1.64. The largest absolute Gasteiger partial charge is 0.507 e. The van der Waals surface area contributed by atoms with Gasteiger partial charge in [-0.15, -0.1) is 0 Å². The van der Waals surface area contributed by atoms with E-state index in [1.165, 1.54) is 24.3 Å². The van der Waals surface area contributed by atoms with Gasteiger partial charge in [-0.25, -0.2) is 0 Å². The monoisotopic (exact) mass is 418 g/mol. The van der Waals surface area contributed by atoms with Crippen molar-refractivity contribution in [3.8, 4) is 11.5 Å². The van der Waals surface area contributed by atoms with E-state index in [-0.39, 0.29) is 28.0 Å². The number of phenolic OH excluding ortho intramolecular Hbond substituents is 2. The Morgan fingerprint density at radius 1 is 0.867 bits per heavy atom. The second-order valence-corrected chi connectivity index (χ2v) is 7.58. The second-order valence-electron chi connectivity index (χ2n) is 7.58. The Kier molecular flexibility index (Phi) is 5.27. The zero-order valence-electron chi connectivity index (χ0n) is 15.7. The van der Waals surface area contributed by atoms with E-state index in [1.807, 2.05) is 0 Å². The average molecular weight is 418 g/mol. The Bertz CT molecular complexity index is 987. The summed E-state index contributed by atoms with van der Waals surface area (Å²) in [5.41, 5.74) is 0.609. The minimum Gasteiger partial charge on any atom is -0.507 e. The number of carbonyl (C=O) groups is 1. The van der Waals surface area contributed by atoms with Crippen LogP contribution in [0.1, 0.15) is 38.5 Å². The molecule has 4 rings (SSSR count). The fourth-order valence-corrected chi connectivity index (χ4v) is 4.41. The number of rotatable bonds is 3. The molecule has 7 N–H and O–H groups in total. The number of aliphatic hydroxyl groups excluding tert-OH is 5. The smallest absolute Gasteiger partial charge is 0.201 e. The zero-order valence-corrected chi connectivity index (χ0v) is 15.7. The normalized spacial score (nSPS) is 30.6. The van der Waals surface area contributed by atoms with E-state index >= 15 is 0 Å². The fraction of sp³-hybridized carbons (Fsp3) is 0.381. The minimum absolute atomic E-state index is 0.0843. The standard InChI is InChI=1S/C21H22O9/c22-6-8-4-10-14(21-20(29)19(28)17(26)13(7-23)30-21)9-2-1-3-11(24)15(9)18(27)16(10)12(25)5-8/h1-5,13-14,17,19-26,28-29H,6-7H2/t13?,14?,17-,19?,20?,21+/m1/s1. The number of aliphatic hydroxyl groups is 5. The summed E-state index contributed by atoms with van der Waals surface area (Å²) in [6, 6.07) is 7.06. The first kappa shape index (κ1) is 20.7. The molecule has 0 aromatic heterocycles. The Morgan fingerprint density at radius 2 is 1.57 bits per heavy atom. The third-order valence-corrected chi connectivity index (χ3v) is 5.85. The lowest BCUT2D eigenvalue weighted by Gasteiger charge is -2.45. The maximum absolute atomic E-state index is 13.1. The number of ketones is 1. The lowest BCUT2D eigenvalue weighted by molar-refractivity contribution is -0.232. The zero-order chi connectivity index (χ0) is 21.7. The van der Waals surface area contributed by atoms with Gasteiger partial charge in [-0.1, -0.05) is 18.2 Å². The summed E-state index contributed by atoms with van der Waals surface area (Å²) in [6.07, 6.45) is -7.22. The Balaban J connectivity index is 1.96. The summed E-state index contributed by atoms with van der Waals surface area (Å²) in [5.74, 6) is -2.34. The molecule has 2 aromatic carbocycles. The van der Waals surface area contributed by atoms with E-state index in [0.717, 1.165) is 0 Å². The molecule has 0 amide bonds. The van der Waals surface area contributed by atoms with Crippen molar-refractivity contribution in [3.63, 3.8) is 0 Å². The number of benzene rings is 2. The number of hydrogen-bond acceptors (Lipinski definition) is 9. The third kappa shape index (κ3) is 2.99. The van der Waals surface area contributed by atoms with Gasteiger partial charge in [0.2, 0.25) is 5.78 Å². The highest BCUT2D eigenvalue weighted by Crippen LogP contribution is 2.47. The van der Waals surface area contributed by atoms with E-state index in [0.29, 0.717) is 5.56 Å². The van der Waals surface area contributed by atoms with Crippen LogP contribution in [0.2, 0.25) is 0 Å². The molecule has 0 radical (unpaired) electrons. The van der Waals surface area contributed by atoms with Gasteiger partial charge >= 0.3 is 0 Å². The predicted molar refractivity (Wildman–Crippen MR) is 101 cm³/mol. The van der Waals surface area contributed by atoms with Gasteiger partial charge in [-0.3, -0.25) is 4.79 Å². The molecule has 6 atom stereocenters. The number of aromatic hydroxyl groups is 2. The maximum atomic E-state index is 13.1. The first-order valence-corrected chi connectivity index (χ1v) is 9.43. The summed E-state index contributed by atoms with van der Waals surface area (Å²) in [5, 5.41) is 71.0. The van der Waals surface area contributed by atoms with Crippen LogP contribution in [0.4, 0.5) is 0 Å². The van der Waals surface area contributed by atoms with Crippen LogP contribution in [0.3, 0.4) is 0 Å². The molecule has 1 fully saturated rings. The summed E-state index contributed by atoms with van der Waals surface area (Å²) in [6.45, 7) is -1.06.